The summed E-state index contributed by atoms with van der Waals surface area (Å²) in [6.45, 7) is 2.97. The molecule has 3 aromatic rings. The van der Waals surface area contributed by atoms with Crippen LogP contribution >= 0.6 is 0 Å². The fourth-order valence-corrected chi connectivity index (χ4v) is 3.57. The molecule has 6 heteroatoms. The number of nitrogens with zero attached hydrogens (tertiary/aromatic N) is 2. The maximum atomic E-state index is 13.6. The van der Waals surface area contributed by atoms with Gasteiger partial charge in [-0.25, -0.2) is 4.39 Å². The van der Waals surface area contributed by atoms with Crippen LogP contribution in [0.25, 0.3) is 10.8 Å². The lowest BCUT2D eigenvalue weighted by atomic mass is 10.1. The lowest BCUT2D eigenvalue weighted by Crippen LogP contribution is -2.38. The van der Waals surface area contributed by atoms with Crippen LogP contribution in [0, 0.1) is 5.82 Å². The molecule has 2 aromatic carbocycles. The number of pyridine rings is 1. The van der Waals surface area contributed by atoms with E-state index < -0.39 is 0 Å². The second-order valence-corrected chi connectivity index (χ2v) is 6.88. The van der Waals surface area contributed by atoms with E-state index in [-0.39, 0.29) is 11.9 Å². The number of halogens is 1. The highest BCUT2D eigenvalue weighted by Crippen LogP contribution is 2.29. The zero-order valence-electron chi connectivity index (χ0n) is 16.0. The molecule has 1 aliphatic rings. The first-order valence-corrected chi connectivity index (χ1v) is 9.26. The van der Waals surface area contributed by atoms with Gasteiger partial charge < -0.3 is 14.2 Å². The Morgan fingerprint density at radius 2 is 1.93 bits per heavy atom. The Labute approximate surface area is 163 Å². The summed E-state index contributed by atoms with van der Waals surface area (Å²) < 4.78 is 30.2. The van der Waals surface area contributed by atoms with Gasteiger partial charge in [-0.15, -0.1) is 0 Å². The predicted octanol–water partition coefficient (Wildman–Crippen LogP) is 3.96. The SMILES string of the molecule is COc1ccc(CN2CCOC(c3cc4cc(F)ccc4cn3)C2)cc1OC. The molecular formula is C22H23FN2O3. The molecule has 1 aliphatic heterocycles. The van der Waals surface area contributed by atoms with Crippen molar-refractivity contribution in [2.45, 2.75) is 12.6 Å². The van der Waals surface area contributed by atoms with E-state index in [1.165, 1.54) is 12.1 Å². The number of benzene rings is 2. The van der Waals surface area contributed by atoms with Crippen molar-refractivity contribution in [3.8, 4) is 11.5 Å². The van der Waals surface area contributed by atoms with Crippen LogP contribution in [-0.2, 0) is 11.3 Å². The number of hydrogen-bond acceptors (Lipinski definition) is 5. The van der Waals surface area contributed by atoms with Crippen molar-refractivity contribution in [1.29, 1.82) is 0 Å². The Morgan fingerprint density at radius 1 is 1.07 bits per heavy atom. The summed E-state index contributed by atoms with van der Waals surface area (Å²) in [6.07, 6.45) is 1.64. The van der Waals surface area contributed by atoms with Crippen LogP contribution in [-0.4, -0.2) is 43.8 Å². The summed E-state index contributed by atoms with van der Waals surface area (Å²) in [5.74, 6) is 1.20. The fraction of sp³-hybridized carbons (Fsp3) is 0.318. The average molecular weight is 382 g/mol. The molecule has 1 atom stereocenters. The van der Waals surface area contributed by atoms with E-state index in [1.54, 1.807) is 26.5 Å². The van der Waals surface area contributed by atoms with E-state index in [9.17, 15) is 4.39 Å². The van der Waals surface area contributed by atoms with E-state index in [0.29, 0.717) is 6.61 Å². The fourth-order valence-electron chi connectivity index (χ4n) is 3.57. The van der Waals surface area contributed by atoms with Gasteiger partial charge in [-0.1, -0.05) is 6.07 Å². The van der Waals surface area contributed by atoms with Crippen LogP contribution in [0.4, 0.5) is 4.39 Å². The molecule has 4 rings (SSSR count). The third kappa shape index (κ3) is 3.93. The maximum Gasteiger partial charge on any atom is 0.161 e. The minimum absolute atomic E-state index is 0.137. The normalized spacial score (nSPS) is 17.6. The Kier molecular flexibility index (Phi) is 5.41. The van der Waals surface area contributed by atoms with E-state index in [2.05, 4.69) is 9.88 Å². The molecule has 0 amide bonds. The van der Waals surface area contributed by atoms with Gasteiger partial charge in [0.1, 0.15) is 11.9 Å². The molecule has 0 aliphatic carbocycles. The summed E-state index contributed by atoms with van der Waals surface area (Å²) >= 11 is 0. The molecule has 5 nitrogen and oxygen atoms in total. The van der Waals surface area contributed by atoms with Crippen molar-refractivity contribution in [2.24, 2.45) is 0 Å². The number of morpholine rings is 1. The molecule has 0 saturated carbocycles. The van der Waals surface area contributed by atoms with Gasteiger partial charge in [-0.2, -0.15) is 0 Å². The Bertz CT molecular complexity index is 979. The van der Waals surface area contributed by atoms with Crippen molar-refractivity contribution < 1.29 is 18.6 Å². The second-order valence-electron chi connectivity index (χ2n) is 6.88. The molecule has 0 N–H and O–H groups in total. The number of hydrogen-bond donors (Lipinski definition) is 0. The van der Waals surface area contributed by atoms with Crippen LogP contribution in [0.2, 0.25) is 0 Å². The zero-order chi connectivity index (χ0) is 19.5. The molecule has 1 fully saturated rings. The molecule has 146 valence electrons. The molecule has 28 heavy (non-hydrogen) atoms. The molecular weight excluding hydrogens is 359 g/mol. The van der Waals surface area contributed by atoms with Crippen LogP contribution in [0.15, 0.2) is 48.7 Å². The predicted molar refractivity (Wildman–Crippen MR) is 105 cm³/mol. The topological polar surface area (TPSA) is 43.8 Å². The smallest absolute Gasteiger partial charge is 0.161 e. The monoisotopic (exact) mass is 382 g/mol. The number of methoxy groups -OCH3 is 2. The third-order valence-corrected chi connectivity index (χ3v) is 5.04. The standard InChI is InChI=1S/C22H23FN2O3/c1-26-20-6-3-15(9-21(20)27-2)13-25-7-8-28-22(14-25)19-11-17-10-18(23)5-4-16(17)12-24-19/h3-6,9-12,22H,7-8,13-14H2,1-2H3. The summed E-state index contributed by atoms with van der Waals surface area (Å²) in [7, 11) is 3.27. The highest BCUT2D eigenvalue weighted by Gasteiger charge is 2.23. The molecule has 0 bridgehead atoms. The minimum Gasteiger partial charge on any atom is -0.493 e. The minimum atomic E-state index is -0.246. The van der Waals surface area contributed by atoms with Gasteiger partial charge in [0.15, 0.2) is 11.5 Å². The van der Waals surface area contributed by atoms with Crippen molar-refractivity contribution in [3.05, 3.63) is 65.7 Å². The molecule has 0 spiro atoms. The van der Waals surface area contributed by atoms with Crippen LogP contribution in [0.1, 0.15) is 17.4 Å². The van der Waals surface area contributed by atoms with Crippen LogP contribution in [0.5, 0.6) is 11.5 Å². The molecule has 1 saturated heterocycles. The van der Waals surface area contributed by atoms with E-state index in [4.69, 9.17) is 14.2 Å². The Hall–Kier alpha value is -2.70. The number of aromatic nitrogens is 1. The van der Waals surface area contributed by atoms with Crippen molar-refractivity contribution >= 4 is 10.8 Å². The Balaban J connectivity index is 1.50. The van der Waals surface area contributed by atoms with E-state index in [1.807, 2.05) is 24.3 Å². The number of fused-ring (bicyclic) bond motifs is 1. The quantitative estimate of drug-likeness (QED) is 0.668. The summed E-state index contributed by atoms with van der Waals surface area (Å²) in [5, 5.41) is 1.76. The van der Waals surface area contributed by atoms with Crippen LogP contribution < -0.4 is 9.47 Å². The van der Waals surface area contributed by atoms with Gasteiger partial charge in [-0.3, -0.25) is 9.88 Å². The second kappa shape index (κ2) is 8.12. The lowest BCUT2D eigenvalue weighted by molar-refractivity contribution is -0.0349. The van der Waals surface area contributed by atoms with Gasteiger partial charge in [0.25, 0.3) is 0 Å². The first-order valence-electron chi connectivity index (χ1n) is 9.26. The zero-order valence-corrected chi connectivity index (χ0v) is 16.0. The van der Waals surface area contributed by atoms with Crippen molar-refractivity contribution in [1.82, 2.24) is 9.88 Å². The molecule has 1 unspecified atom stereocenters. The maximum absolute atomic E-state index is 13.6. The highest BCUT2D eigenvalue weighted by molar-refractivity contribution is 5.82. The summed E-state index contributed by atoms with van der Waals surface area (Å²) in [5.41, 5.74) is 1.97. The van der Waals surface area contributed by atoms with Crippen molar-refractivity contribution in [3.63, 3.8) is 0 Å². The van der Waals surface area contributed by atoms with E-state index in [0.717, 1.165) is 53.2 Å². The van der Waals surface area contributed by atoms with Crippen molar-refractivity contribution in [2.75, 3.05) is 33.9 Å². The molecule has 2 heterocycles. The Morgan fingerprint density at radius 3 is 2.75 bits per heavy atom. The lowest BCUT2D eigenvalue weighted by Gasteiger charge is -2.32. The molecule has 1 aromatic heterocycles. The van der Waals surface area contributed by atoms with Crippen LogP contribution in [0.3, 0.4) is 0 Å². The first kappa shape index (κ1) is 18.7. The van der Waals surface area contributed by atoms with Gasteiger partial charge in [0, 0.05) is 31.2 Å². The average Bonchev–Trinajstić information content (AvgIpc) is 2.73. The van der Waals surface area contributed by atoms with Gasteiger partial charge >= 0.3 is 0 Å². The largest absolute Gasteiger partial charge is 0.493 e. The third-order valence-electron chi connectivity index (χ3n) is 5.04. The van der Waals surface area contributed by atoms with E-state index >= 15 is 0 Å². The molecule has 0 radical (unpaired) electrons. The highest BCUT2D eigenvalue weighted by atomic mass is 19.1. The number of ether oxygens (including phenoxy) is 3. The first-order chi connectivity index (χ1) is 13.7. The number of rotatable bonds is 5. The van der Waals surface area contributed by atoms with Gasteiger partial charge in [0.2, 0.25) is 0 Å². The summed E-state index contributed by atoms with van der Waals surface area (Å²) in [6, 6.07) is 12.6. The van der Waals surface area contributed by atoms with Gasteiger partial charge in [-0.05, 0) is 47.3 Å². The van der Waals surface area contributed by atoms with Gasteiger partial charge in [0.05, 0.1) is 26.5 Å². The summed E-state index contributed by atoms with van der Waals surface area (Å²) in [4.78, 5) is 6.87.